The Morgan fingerprint density at radius 2 is 2.24 bits per heavy atom. The Bertz CT molecular complexity index is 1100. The summed E-state index contributed by atoms with van der Waals surface area (Å²) >= 11 is 0.823. The zero-order valence-electron chi connectivity index (χ0n) is 13.0. The molecular formula is C14H13FN4O4S2. The molecule has 2 aromatic heterocycles. The highest BCUT2D eigenvalue weighted by Crippen LogP contribution is 2.39. The van der Waals surface area contributed by atoms with Crippen LogP contribution >= 0.6 is 11.5 Å². The Balaban J connectivity index is 1.76. The first-order valence-corrected chi connectivity index (χ1v) is 9.73. The highest BCUT2D eigenvalue weighted by atomic mass is 32.2. The lowest BCUT2D eigenvalue weighted by molar-refractivity contribution is 0.484. The van der Waals surface area contributed by atoms with Gasteiger partial charge in [-0.15, -0.1) is 0 Å². The molecule has 3 aromatic rings. The van der Waals surface area contributed by atoms with Gasteiger partial charge in [0.25, 0.3) is 10.0 Å². The largest absolute Gasteiger partial charge is 0.419 e. The van der Waals surface area contributed by atoms with Crippen LogP contribution in [0.5, 0.6) is 0 Å². The van der Waals surface area contributed by atoms with E-state index in [1.165, 1.54) is 10.9 Å². The van der Waals surface area contributed by atoms with Gasteiger partial charge in [-0.25, -0.2) is 22.6 Å². The van der Waals surface area contributed by atoms with Crippen LogP contribution in [0.3, 0.4) is 0 Å². The molecule has 1 aliphatic carbocycles. The predicted octanol–water partition coefficient (Wildman–Crippen LogP) is 2.04. The van der Waals surface area contributed by atoms with Crippen molar-refractivity contribution in [1.29, 1.82) is 0 Å². The van der Waals surface area contributed by atoms with Crippen LogP contribution in [-0.4, -0.2) is 22.3 Å². The summed E-state index contributed by atoms with van der Waals surface area (Å²) in [5.41, 5.74) is 0.272. The van der Waals surface area contributed by atoms with Crippen molar-refractivity contribution in [3.8, 4) is 0 Å². The molecule has 4 rings (SSSR count). The Labute approximate surface area is 145 Å². The lowest BCUT2D eigenvalue weighted by Gasteiger charge is -2.06. The van der Waals surface area contributed by atoms with Crippen molar-refractivity contribution in [3.05, 3.63) is 34.8 Å². The molecule has 0 spiro atoms. The van der Waals surface area contributed by atoms with Crippen LogP contribution in [-0.2, 0) is 16.6 Å². The van der Waals surface area contributed by atoms with Gasteiger partial charge < -0.3 is 4.42 Å². The Morgan fingerprint density at radius 3 is 2.88 bits per heavy atom. The molecule has 0 saturated heterocycles. The monoisotopic (exact) mass is 384 g/mol. The smallest absolute Gasteiger partial charge is 0.408 e. The summed E-state index contributed by atoms with van der Waals surface area (Å²) in [6.07, 6.45) is 2.18. The fraction of sp³-hybridized carbons (Fsp3) is 0.357. The predicted molar refractivity (Wildman–Crippen MR) is 88.4 cm³/mol. The molecule has 0 bridgehead atoms. The normalized spacial score (nSPS) is 20.1. The van der Waals surface area contributed by atoms with E-state index in [-0.39, 0.29) is 16.2 Å². The third-order valence-corrected chi connectivity index (χ3v) is 6.35. The molecule has 132 valence electrons. The molecule has 0 aliphatic heterocycles. The molecule has 25 heavy (non-hydrogen) atoms. The van der Waals surface area contributed by atoms with Gasteiger partial charge in [0.15, 0.2) is 5.58 Å². The minimum Gasteiger partial charge on any atom is -0.408 e. The maximum atomic E-state index is 14.5. The van der Waals surface area contributed by atoms with Crippen LogP contribution in [0.2, 0.25) is 0 Å². The summed E-state index contributed by atoms with van der Waals surface area (Å²) in [6.45, 7) is 2.50. The Hall–Kier alpha value is -2.27. The number of anilines is 1. The van der Waals surface area contributed by atoms with Crippen LogP contribution in [0, 0.1) is 17.7 Å². The molecule has 8 nitrogen and oxygen atoms in total. The first-order valence-electron chi connectivity index (χ1n) is 7.47. The fourth-order valence-corrected chi connectivity index (χ4v) is 4.46. The van der Waals surface area contributed by atoms with Crippen molar-refractivity contribution in [1.82, 2.24) is 13.9 Å². The van der Waals surface area contributed by atoms with Gasteiger partial charge in [-0.2, -0.15) is 4.37 Å². The van der Waals surface area contributed by atoms with Crippen LogP contribution in [0.25, 0.3) is 11.1 Å². The number of hydrogen-bond donors (Lipinski definition) is 1. The van der Waals surface area contributed by atoms with E-state index in [0.717, 1.165) is 30.1 Å². The molecule has 1 aromatic carbocycles. The van der Waals surface area contributed by atoms with Crippen LogP contribution in [0.1, 0.15) is 13.3 Å². The van der Waals surface area contributed by atoms with Gasteiger partial charge in [-0.1, -0.05) is 6.92 Å². The van der Waals surface area contributed by atoms with E-state index in [0.29, 0.717) is 18.4 Å². The molecule has 11 heteroatoms. The van der Waals surface area contributed by atoms with Crippen molar-refractivity contribution in [3.63, 3.8) is 0 Å². The number of sulfonamides is 1. The highest BCUT2D eigenvalue weighted by molar-refractivity contribution is 7.93. The molecule has 1 N–H and O–H groups in total. The van der Waals surface area contributed by atoms with Gasteiger partial charge in [-0.05, 0) is 18.3 Å². The number of halogens is 1. The average molecular weight is 384 g/mol. The van der Waals surface area contributed by atoms with E-state index < -0.39 is 26.5 Å². The summed E-state index contributed by atoms with van der Waals surface area (Å²) in [4.78, 5) is 15.1. The van der Waals surface area contributed by atoms with E-state index in [2.05, 4.69) is 21.0 Å². The van der Waals surface area contributed by atoms with Crippen LogP contribution in [0.15, 0.2) is 32.6 Å². The summed E-state index contributed by atoms with van der Waals surface area (Å²) in [5.74, 6) is -0.732. The number of aromatic nitrogens is 3. The standard InChI is InChI=1S/C14H13FN4O4S2/c1-7-2-8(7)5-19-10-3-9(15)12(4-11(10)23-14(19)20)25(21,22)18-13-16-6-17-24-13/h3-4,6-8H,2,5H2,1H3,(H,16,17,18)/t7-,8?/m0/s1. The minimum atomic E-state index is -4.22. The first kappa shape index (κ1) is 16.2. The fourth-order valence-electron chi connectivity index (χ4n) is 2.72. The summed E-state index contributed by atoms with van der Waals surface area (Å²) in [5, 5.41) is 0.0150. The van der Waals surface area contributed by atoms with Gasteiger partial charge in [-0.3, -0.25) is 9.29 Å². The number of fused-ring (bicyclic) bond motifs is 1. The van der Waals surface area contributed by atoms with Crippen LogP contribution in [0.4, 0.5) is 9.52 Å². The molecule has 0 amide bonds. The summed E-state index contributed by atoms with van der Waals surface area (Å²) in [6, 6.07) is 2.03. The van der Waals surface area contributed by atoms with E-state index in [9.17, 15) is 17.6 Å². The number of rotatable bonds is 5. The maximum Gasteiger partial charge on any atom is 0.419 e. The lowest BCUT2D eigenvalue weighted by Crippen LogP contribution is -2.16. The van der Waals surface area contributed by atoms with Crippen molar-refractivity contribution < 1.29 is 17.2 Å². The average Bonchev–Trinajstić information content (AvgIpc) is 2.92. The quantitative estimate of drug-likeness (QED) is 0.721. The second kappa shape index (κ2) is 5.63. The van der Waals surface area contributed by atoms with Gasteiger partial charge in [0.05, 0.1) is 5.52 Å². The van der Waals surface area contributed by atoms with Crippen LogP contribution < -0.4 is 10.5 Å². The van der Waals surface area contributed by atoms with Crippen molar-refractivity contribution in [2.45, 2.75) is 24.8 Å². The second-order valence-corrected chi connectivity index (χ2v) is 8.48. The molecular weight excluding hydrogens is 371 g/mol. The van der Waals surface area contributed by atoms with Gasteiger partial charge >= 0.3 is 5.76 Å². The first-order chi connectivity index (χ1) is 11.8. The second-order valence-electron chi connectivity index (χ2n) is 6.05. The number of hydrogen-bond acceptors (Lipinski definition) is 7. The third kappa shape index (κ3) is 2.93. The topological polar surface area (TPSA) is 107 Å². The molecule has 1 aliphatic rings. The zero-order chi connectivity index (χ0) is 17.8. The van der Waals surface area contributed by atoms with Crippen molar-refractivity contribution >= 4 is 37.8 Å². The highest BCUT2D eigenvalue weighted by Gasteiger charge is 2.34. The van der Waals surface area contributed by atoms with Gasteiger partial charge in [0, 0.05) is 30.2 Å². The number of nitrogens with one attached hydrogen (secondary N) is 1. The molecule has 2 heterocycles. The van der Waals surface area contributed by atoms with E-state index in [4.69, 9.17) is 4.42 Å². The molecule has 1 unspecified atom stereocenters. The third-order valence-electron chi connectivity index (χ3n) is 4.29. The number of oxazole rings is 1. The Morgan fingerprint density at radius 1 is 1.48 bits per heavy atom. The van der Waals surface area contributed by atoms with E-state index in [1.54, 1.807) is 0 Å². The Kier molecular flexibility index (Phi) is 3.65. The van der Waals surface area contributed by atoms with E-state index >= 15 is 0 Å². The summed E-state index contributed by atoms with van der Waals surface area (Å²) < 4.78 is 51.4. The van der Waals surface area contributed by atoms with Crippen molar-refractivity contribution in [2.75, 3.05) is 4.72 Å². The van der Waals surface area contributed by atoms with Gasteiger partial charge in [0.2, 0.25) is 5.13 Å². The SMILES string of the molecule is C[C@H]1CC1Cn1c(=O)oc2cc(S(=O)(=O)Nc3ncns3)c(F)cc21. The lowest BCUT2D eigenvalue weighted by atomic mass is 10.3. The number of nitrogens with zero attached hydrogens (tertiary/aromatic N) is 3. The van der Waals surface area contributed by atoms with Crippen molar-refractivity contribution in [2.24, 2.45) is 11.8 Å². The molecule has 0 radical (unpaired) electrons. The minimum absolute atomic E-state index is 0.0150. The van der Waals surface area contributed by atoms with Gasteiger partial charge in [0.1, 0.15) is 17.0 Å². The molecule has 2 atom stereocenters. The molecule has 1 fully saturated rings. The summed E-state index contributed by atoms with van der Waals surface area (Å²) in [7, 11) is -4.22. The number of benzene rings is 1. The molecule has 1 saturated carbocycles. The zero-order valence-corrected chi connectivity index (χ0v) is 14.6. The maximum absolute atomic E-state index is 14.5. The van der Waals surface area contributed by atoms with E-state index in [1.807, 2.05) is 0 Å².